The van der Waals surface area contributed by atoms with E-state index in [2.05, 4.69) is 15.2 Å². The predicted molar refractivity (Wildman–Crippen MR) is 56.3 cm³/mol. The van der Waals surface area contributed by atoms with Gasteiger partial charge in [-0.3, -0.25) is 18.7 Å². The molecule has 0 aliphatic carbocycles. The van der Waals surface area contributed by atoms with Crippen molar-refractivity contribution < 1.29 is 4.79 Å². The number of primary amides is 1. The van der Waals surface area contributed by atoms with Gasteiger partial charge in [0.05, 0.1) is 0 Å². The van der Waals surface area contributed by atoms with Gasteiger partial charge in [-0.05, 0) is 0 Å². The third-order valence-corrected chi connectivity index (χ3v) is 2.29. The second-order valence-corrected chi connectivity index (χ2v) is 3.38. The minimum atomic E-state index is -0.893. The van der Waals surface area contributed by atoms with Crippen LogP contribution in [0.2, 0.25) is 0 Å². The smallest absolute Gasteiger partial charge is 0.332 e. The van der Waals surface area contributed by atoms with Crippen LogP contribution in [0.25, 0.3) is 11.2 Å². The maximum atomic E-state index is 11.7. The first-order chi connectivity index (χ1) is 7.93. The highest BCUT2D eigenvalue weighted by molar-refractivity contribution is 5.89. The lowest BCUT2D eigenvalue weighted by Crippen LogP contribution is -2.38. The van der Waals surface area contributed by atoms with E-state index in [0.29, 0.717) is 0 Å². The van der Waals surface area contributed by atoms with E-state index < -0.39 is 17.2 Å². The third kappa shape index (κ3) is 1.48. The van der Waals surface area contributed by atoms with E-state index >= 15 is 0 Å². The fourth-order valence-electron chi connectivity index (χ4n) is 1.36. The number of aromatic nitrogens is 5. The molecule has 0 aliphatic heterocycles. The molecule has 0 aliphatic rings. The topological polar surface area (TPSA) is 126 Å². The summed E-state index contributed by atoms with van der Waals surface area (Å²) >= 11 is 0. The van der Waals surface area contributed by atoms with Crippen LogP contribution in [0.5, 0.6) is 0 Å². The molecule has 9 heteroatoms. The van der Waals surface area contributed by atoms with Crippen molar-refractivity contribution in [1.82, 2.24) is 24.3 Å². The van der Waals surface area contributed by atoms with Gasteiger partial charge in [0.25, 0.3) is 11.5 Å². The number of nitrogens with zero attached hydrogens (tertiary/aromatic N) is 5. The molecule has 0 radical (unpaired) electrons. The molecular formula is C8H8N6O3. The lowest BCUT2D eigenvalue weighted by molar-refractivity contribution is 0.0989. The van der Waals surface area contributed by atoms with Crippen molar-refractivity contribution in [2.75, 3.05) is 0 Å². The summed E-state index contributed by atoms with van der Waals surface area (Å²) in [5.41, 5.74) is 3.65. The molecule has 0 bridgehead atoms. The Morgan fingerprint density at radius 1 is 1.18 bits per heavy atom. The summed E-state index contributed by atoms with van der Waals surface area (Å²) < 4.78 is 1.98. The summed E-state index contributed by atoms with van der Waals surface area (Å²) in [5, 5.41) is 7.04. The summed E-state index contributed by atoms with van der Waals surface area (Å²) in [4.78, 5) is 37.9. The van der Waals surface area contributed by atoms with Crippen molar-refractivity contribution in [3.63, 3.8) is 0 Å². The number of hydrogen-bond acceptors (Lipinski definition) is 6. The van der Waals surface area contributed by atoms with Crippen LogP contribution in [0.4, 0.5) is 0 Å². The van der Waals surface area contributed by atoms with Crippen LogP contribution >= 0.6 is 0 Å². The molecule has 2 N–H and O–H groups in total. The van der Waals surface area contributed by atoms with E-state index in [1.807, 2.05) is 0 Å². The molecule has 0 atom stereocenters. The number of carbonyl (C=O) groups is 1. The second kappa shape index (κ2) is 3.47. The Morgan fingerprint density at radius 3 is 2.41 bits per heavy atom. The van der Waals surface area contributed by atoms with Crippen molar-refractivity contribution in [3.8, 4) is 0 Å². The maximum absolute atomic E-state index is 11.7. The molecule has 2 rings (SSSR count). The molecule has 88 valence electrons. The van der Waals surface area contributed by atoms with Crippen LogP contribution in [0.1, 0.15) is 10.6 Å². The maximum Gasteiger partial charge on any atom is 0.332 e. The summed E-state index contributed by atoms with van der Waals surface area (Å²) in [5.74, 6) is -1.26. The van der Waals surface area contributed by atoms with Crippen LogP contribution in [0, 0.1) is 0 Å². The van der Waals surface area contributed by atoms with Crippen molar-refractivity contribution in [2.45, 2.75) is 0 Å². The van der Waals surface area contributed by atoms with Gasteiger partial charge in [-0.15, -0.1) is 10.2 Å². The summed E-state index contributed by atoms with van der Waals surface area (Å²) in [7, 11) is 2.72. The fraction of sp³-hybridized carbons (Fsp3) is 0.250. The Hall–Kier alpha value is -2.58. The van der Waals surface area contributed by atoms with Gasteiger partial charge in [0, 0.05) is 14.1 Å². The Labute approximate surface area is 93.5 Å². The number of aryl methyl sites for hydroxylation is 1. The molecule has 2 heterocycles. The molecule has 0 saturated heterocycles. The van der Waals surface area contributed by atoms with Gasteiger partial charge in [-0.2, -0.15) is 0 Å². The van der Waals surface area contributed by atoms with Crippen molar-refractivity contribution in [3.05, 3.63) is 26.7 Å². The summed E-state index contributed by atoms with van der Waals surface area (Å²) in [6.07, 6.45) is 0. The standard InChI is InChI=1S/C8H8N6O3/c1-13-6-3(7(16)14(2)8(13)17)10-5(4(9)15)11-12-6/h1-2H3,(H2,9,15). The molecular weight excluding hydrogens is 228 g/mol. The minimum Gasteiger partial charge on any atom is -0.363 e. The molecule has 2 aromatic heterocycles. The number of fused-ring (bicyclic) bond motifs is 1. The lowest BCUT2D eigenvalue weighted by Gasteiger charge is -2.04. The van der Waals surface area contributed by atoms with E-state index in [-0.39, 0.29) is 17.0 Å². The second-order valence-electron chi connectivity index (χ2n) is 3.38. The Kier molecular flexibility index (Phi) is 2.23. The monoisotopic (exact) mass is 236 g/mol. The zero-order valence-corrected chi connectivity index (χ0v) is 9.04. The van der Waals surface area contributed by atoms with Crippen LogP contribution < -0.4 is 17.0 Å². The van der Waals surface area contributed by atoms with Gasteiger partial charge >= 0.3 is 5.69 Å². The van der Waals surface area contributed by atoms with Crippen LogP contribution in [-0.2, 0) is 14.1 Å². The molecule has 0 aromatic carbocycles. The van der Waals surface area contributed by atoms with Gasteiger partial charge in [-0.25, -0.2) is 9.78 Å². The number of amides is 1. The highest BCUT2D eigenvalue weighted by Crippen LogP contribution is 1.98. The van der Waals surface area contributed by atoms with Gasteiger partial charge in [0.1, 0.15) is 0 Å². The average molecular weight is 236 g/mol. The van der Waals surface area contributed by atoms with Gasteiger partial charge in [0.2, 0.25) is 5.82 Å². The van der Waals surface area contributed by atoms with E-state index in [9.17, 15) is 14.4 Å². The number of carbonyl (C=O) groups excluding carboxylic acids is 1. The highest BCUT2D eigenvalue weighted by Gasteiger charge is 2.14. The molecule has 2 aromatic rings. The van der Waals surface area contributed by atoms with E-state index in [1.54, 1.807) is 0 Å². The Bertz CT molecular complexity index is 743. The summed E-state index contributed by atoms with van der Waals surface area (Å²) in [6, 6.07) is 0. The Morgan fingerprint density at radius 2 is 1.82 bits per heavy atom. The largest absolute Gasteiger partial charge is 0.363 e. The molecule has 0 spiro atoms. The minimum absolute atomic E-state index is 0.00287. The van der Waals surface area contributed by atoms with Gasteiger partial charge in [-0.1, -0.05) is 0 Å². The van der Waals surface area contributed by atoms with E-state index in [4.69, 9.17) is 5.73 Å². The zero-order chi connectivity index (χ0) is 12.7. The predicted octanol–water partition coefficient (Wildman–Crippen LogP) is -2.48. The normalized spacial score (nSPS) is 10.7. The Balaban J connectivity index is 3.02. The molecule has 1 amide bonds. The molecule has 0 saturated carbocycles. The molecule has 9 nitrogen and oxygen atoms in total. The average Bonchev–Trinajstić information content (AvgIpc) is 2.32. The van der Waals surface area contributed by atoms with Crippen molar-refractivity contribution >= 4 is 17.1 Å². The van der Waals surface area contributed by atoms with Crippen molar-refractivity contribution in [2.24, 2.45) is 19.8 Å². The van der Waals surface area contributed by atoms with E-state index in [1.165, 1.54) is 14.1 Å². The first kappa shape index (κ1) is 10.9. The molecule has 17 heavy (non-hydrogen) atoms. The highest BCUT2D eigenvalue weighted by atomic mass is 16.2. The van der Waals surface area contributed by atoms with Gasteiger partial charge in [0.15, 0.2) is 11.2 Å². The van der Waals surface area contributed by atoms with Crippen LogP contribution in [-0.4, -0.2) is 30.2 Å². The number of rotatable bonds is 1. The first-order valence-electron chi connectivity index (χ1n) is 4.53. The first-order valence-corrected chi connectivity index (χ1v) is 4.53. The van der Waals surface area contributed by atoms with Crippen molar-refractivity contribution in [1.29, 1.82) is 0 Å². The van der Waals surface area contributed by atoms with Crippen LogP contribution in [0.3, 0.4) is 0 Å². The lowest BCUT2D eigenvalue weighted by atomic mass is 10.4. The third-order valence-electron chi connectivity index (χ3n) is 2.29. The van der Waals surface area contributed by atoms with E-state index in [0.717, 1.165) is 9.13 Å². The molecule has 0 unspecified atom stereocenters. The summed E-state index contributed by atoms with van der Waals surface area (Å²) in [6.45, 7) is 0. The number of hydrogen-bond donors (Lipinski definition) is 1. The number of nitrogens with two attached hydrogens (primary N) is 1. The fourth-order valence-corrected chi connectivity index (χ4v) is 1.36. The van der Waals surface area contributed by atoms with Crippen LogP contribution in [0.15, 0.2) is 9.59 Å². The quantitative estimate of drug-likeness (QED) is 0.584. The van der Waals surface area contributed by atoms with Gasteiger partial charge < -0.3 is 5.73 Å². The molecule has 0 fully saturated rings. The SMILES string of the molecule is Cn1c(=O)c2nc(C(N)=O)nnc2n(C)c1=O. The zero-order valence-electron chi connectivity index (χ0n) is 9.04.